The Labute approximate surface area is 633 Å². The van der Waals surface area contributed by atoms with Crippen LogP contribution in [0.3, 0.4) is 0 Å². The maximum absolute atomic E-state index is 14.2. The van der Waals surface area contributed by atoms with Crippen LogP contribution < -0.4 is 28.4 Å². The zero-order chi connectivity index (χ0) is 76.8. The van der Waals surface area contributed by atoms with E-state index < -0.39 is 96.8 Å². The van der Waals surface area contributed by atoms with Gasteiger partial charge in [-0.3, -0.25) is 0 Å². The number of rotatable bonds is 30. The molecule has 0 aromatic heterocycles. The number of ether oxygens (including phenoxy) is 6. The molecule has 8 aromatic rings. The Morgan fingerprint density at radius 2 is 0.686 bits per heavy atom. The van der Waals surface area contributed by atoms with Gasteiger partial charge in [-0.25, -0.2) is 14.4 Å². The lowest BCUT2D eigenvalue weighted by Crippen LogP contribution is -2.56. The van der Waals surface area contributed by atoms with Crippen molar-refractivity contribution in [2.75, 3.05) is 0 Å². The lowest BCUT2D eigenvalue weighted by Gasteiger charge is -2.42. The summed E-state index contributed by atoms with van der Waals surface area (Å²) in [5.41, 5.74) is 9.55. The summed E-state index contributed by atoms with van der Waals surface area (Å²) in [5, 5.41) is 0. The molecule has 8 aromatic carbocycles. The Kier molecular flexibility index (Phi) is 25.7. The van der Waals surface area contributed by atoms with E-state index in [0.717, 1.165) is 86.1 Å². The molecule has 0 spiro atoms. The Balaban J connectivity index is 0.873. The molecule has 105 heavy (non-hydrogen) atoms. The fourth-order valence-electron chi connectivity index (χ4n) is 14.7. The minimum Gasteiger partial charge on any atom is -0.437 e. The van der Waals surface area contributed by atoms with E-state index in [1.807, 2.05) is 111 Å². The summed E-state index contributed by atoms with van der Waals surface area (Å²) in [7, 11) is -18.0. The first-order chi connectivity index (χ1) is 48.9. The topological polar surface area (TPSA) is 162 Å². The second kappa shape index (κ2) is 32.9. The highest BCUT2D eigenvalue weighted by Crippen LogP contribution is 2.53. The predicted molar refractivity (Wildman–Crippen MR) is 439 cm³/mol. The molecule has 0 fully saturated rings. The van der Waals surface area contributed by atoms with Crippen LogP contribution in [0.5, 0.6) is 34.5 Å². The summed E-state index contributed by atoms with van der Waals surface area (Å²) >= 11 is 0. The largest absolute Gasteiger partial charge is 0.519 e. The predicted octanol–water partition coefficient (Wildman–Crippen LogP) is 22.5. The molecule has 2 unspecified atom stereocenters. The molecule has 560 valence electrons. The van der Waals surface area contributed by atoms with Gasteiger partial charge in [-0.05, 0) is 291 Å². The monoisotopic (exact) mass is 1560 g/mol. The van der Waals surface area contributed by atoms with E-state index in [1.165, 1.54) is 0 Å². The molecule has 2 atom stereocenters. The van der Waals surface area contributed by atoms with Crippen molar-refractivity contribution >= 4 is 86.0 Å². The van der Waals surface area contributed by atoms with Crippen LogP contribution in [0, 0.1) is 13.8 Å². The quantitative estimate of drug-likeness (QED) is 0.0237. The zero-order valence-corrected chi connectivity index (χ0v) is 73.9. The fraction of sp³-hybridized carbons (Fsp3) is 0.378. The van der Waals surface area contributed by atoms with Crippen LogP contribution in [0.2, 0.25) is 130 Å². The Morgan fingerprint density at radius 3 is 1.05 bits per heavy atom. The van der Waals surface area contributed by atoms with Crippen molar-refractivity contribution < 1.29 is 67.5 Å². The highest BCUT2D eigenvalue weighted by molar-refractivity contribution is 6.90. The van der Waals surface area contributed by atoms with Gasteiger partial charge in [-0.2, -0.15) is 0 Å². The highest BCUT2D eigenvalue weighted by Gasteiger charge is 2.48. The fourth-order valence-corrected chi connectivity index (χ4v) is 50.6. The Morgan fingerprint density at radius 1 is 0.362 bits per heavy atom. The molecule has 0 N–H and O–H groups in total. The lowest BCUT2D eigenvalue weighted by molar-refractivity contribution is 0.150. The molecule has 0 bridgehead atoms. The van der Waals surface area contributed by atoms with Crippen molar-refractivity contribution in [2.24, 2.45) is 0 Å². The van der Waals surface area contributed by atoms with E-state index in [1.54, 1.807) is 36.4 Å². The molecule has 1 aliphatic rings. The summed E-state index contributed by atoms with van der Waals surface area (Å²) < 4.78 is 77.0. The van der Waals surface area contributed by atoms with Crippen LogP contribution in [-0.2, 0) is 54.8 Å². The van der Waals surface area contributed by atoms with Gasteiger partial charge in [0.25, 0.3) is 0 Å². The first-order valence-electron chi connectivity index (χ1n) is 36.6. The third-order valence-corrected chi connectivity index (χ3v) is 45.1. The second-order valence-corrected chi connectivity index (χ2v) is 66.2. The Hall–Kier alpha value is -6.93. The first-order valence-corrected chi connectivity index (χ1v) is 60.9. The van der Waals surface area contributed by atoms with E-state index in [9.17, 15) is 14.4 Å². The van der Waals surface area contributed by atoms with E-state index in [4.69, 9.17) is 53.1 Å². The van der Waals surface area contributed by atoms with E-state index in [-0.39, 0.29) is 0 Å². The van der Waals surface area contributed by atoms with Crippen LogP contribution in [0.4, 0.5) is 14.4 Å². The van der Waals surface area contributed by atoms with Crippen molar-refractivity contribution in [3.63, 3.8) is 0 Å². The molecular formula is C82H110O15Si8. The van der Waals surface area contributed by atoms with Gasteiger partial charge in [0.15, 0.2) is 33.3 Å². The molecule has 23 heteroatoms. The van der Waals surface area contributed by atoms with Crippen LogP contribution in [0.15, 0.2) is 182 Å². The summed E-state index contributed by atoms with van der Waals surface area (Å²) in [6.07, 6.45) is 0.923. The third-order valence-electron chi connectivity index (χ3n) is 18.0. The average Bonchev–Trinajstić information content (AvgIpc) is 0.704. The number of aryl methyl sites for hydroxylation is 4. The van der Waals surface area contributed by atoms with Crippen molar-refractivity contribution in [3.8, 4) is 34.5 Å². The SMILES string of the molecule is Cc1ccc(C2(c3ccc(C)c(OC(=O)Oc4ccccc4CCC[Si](C)(O[Si](C)(C)C)O[Si](C)(C)O[Si](C)(C)C)c3)c3ccccc3Cc3ccccc32)cc1OC(=O)Oc1ccc(C(C)(C)c2ccc(OC(=O)Oc3ccccc3CCC[Si](C)(O[Si](C)(C)C)O[Si](C)(C)O[Si](C)(C)C)cc2)cc1. The molecule has 15 nitrogen and oxygen atoms in total. The van der Waals surface area contributed by atoms with Crippen LogP contribution in [-0.4, -0.2) is 86.0 Å². The summed E-state index contributed by atoms with van der Waals surface area (Å²) in [5.74, 6) is 2.15. The normalized spacial score (nSPS) is 14.6. The number of carbonyl (C=O) groups is 3. The molecule has 0 saturated carbocycles. The Bertz CT molecular complexity index is 4320. The van der Waals surface area contributed by atoms with Gasteiger partial charge < -0.3 is 53.1 Å². The minimum atomic E-state index is -2.69. The van der Waals surface area contributed by atoms with E-state index in [0.29, 0.717) is 59.3 Å². The molecule has 0 radical (unpaired) electrons. The molecule has 0 saturated heterocycles. The van der Waals surface area contributed by atoms with Gasteiger partial charge in [0.2, 0.25) is 0 Å². The molecule has 0 amide bonds. The summed E-state index contributed by atoms with van der Waals surface area (Å²) in [4.78, 5) is 41.7. The zero-order valence-electron chi connectivity index (χ0n) is 65.9. The molecule has 9 rings (SSSR count). The number of carbonyl (C=O) groups excluding carboxylic acids is 3. The van der Waals surface area contributed by atoms with Gasteiger partial charge in [-0.15, -0.1) is 0 Å². The first kappa shape index (κ1) is 82.1. The van der Waals surface area contributed by atoms with Gasteiger partial charge in [-0.1, -0.05) is 147 Å². The number of benzene rings is 8. The molecule has 0 aliphatic heterocycles. The maximum Gasteiger partial charge on any atom is 0.519 e. The number of fused-ring (bicyclic) bond motifs is 2. The van der Waals surface area contributed by atoms with Crippen molar-refractivity contribution in [2.45, 2.75) is 201 Å². The van der Waals surface area contributed by atoms with E-state index >= 15 is 0 Å². The van der Waals surface area contributed by atoms with Crippen LogP contribution in [0.1, 0.15) is 93.5 Å². The summed E-state index contributed by atoms with van der Waals surface area (Å²) in [6, 6.07) is 60.1. The van der Waals surface area contributed by atoms with Gasteiger partial charge in [0, 0.05) is 5.41 Å². The molecular weight excluding hydrogens is 1450 g/mol. The second-order valence-electron chi connectivity index (χ2n) is 33.3. The van der Waals surface area contributed by atoms with Crippen LogP contribution >= 0.6 is 0 Å². The van der Waals surface area contributed by atoms with Gasteiger partial charge in [0.05, 0.1) is 5.41 Å². The minimum absolute atomic E-state index is 0.295. The van der Waals surface area contributed by atoms with Crippen molar-refractivity contribution in [3.05, 3.63) is 249 Å². The standard InChI is InChI=1S/C82H110O15Si8/c1-60-43-45-68(58-76(60)90-79(84)87-71-53-49-67(50-54-71)81(3,4)66-47-51-70(52-48-66)86-78(83)88-74-41-29-25-33-62(74)37-31-55-104(21,94-100(11,12)13)96-102(17,18)92-98(5,6)7)82(72-39-27-23-35-64(72)57-65-36-24-28-40-73(65)82)69-46-44-61(2)77(59-69)91-80(85)89-75-42-30-26-34-63(75)38-32-56-105(22,95-101(14,15)16)97-103(19,20)93-99(8,9)10/h23-30,33-36,39-54,58-59H,31-32,37-38,55-57H2,1-22H3. The lowest BCUT2D eigenvalue weighted by atomic mass is 9.59. The van der Waals surface area contributed by atoms with E-state index in [2.05, 4.69) is 180 Å². The number of para-hydroxylation sites is 2. The van der Waals surface area contributed by atoms with Gasteiger partial charge >= 0.3 is 52.7 Å². The van der Waals surface area contributed by atoms with Crippen molar-refractivity contribution in [1.29, 1.82) is 0 Å². The average molecular weight is 1560 g/mol. The van der Waals surface area contributed by atoms with Gasteiger partial charge in [0.1, 0.15) is 34.5 Å². The maximum atomic E-state index is 14.2. The highest BCUT2D eigenvalue weighted by atomic mass is 28.5. The summed E-state index contributed by atoms with van der Waals surface area (Å²) in [6.45, 7) is 47.2. The molecule has 1 aliphatic carbocycles. The number of hydrogen-bond donors (Lipinski definition) is 0. The smallest absolute Gasteiger partial charge is 0.437 e. The third kappa shape index (κ3) is 22.6. The molecule has 0 heterocycles. The van der Waals surface area contributed by atoms with Crippen molar-refractivity contribution in [1.82, 2.24) is 0 Å². The van der Waals surface area contributed by atoms with Crippen LogP contribution in [0.25, 0.3) is 0 Å². The number of hydrogen-bond acceptors (Lipinski definition) is 15.